The largest absolute Gasteiger partial charge is 0.457 e. The maximum absolute atomic E-state index is 13.0. The lowest BCUT2D eigenvalue weighted by Gasteiger charge is -2.33. The number of ether oxygens (including phenoxy) is 3. The number of aliphatic hydroxyl groups excluding tert-OH is 2. The second kappa shape index (κ2) is 17.6. The van der Waals surface area contributed by atoms with Crippen LogP contribution in [0.1, 0.15) is 59.8 Å². The molecule has 2 amide bonds. The summed E-state index contributed by atoms with van der Waals surface area (Å²) in [6.07, 6.45) is 9.35. The minimum absolute atomic E-state index is 0.0476. The number of nitrogens with zero attached hydrogens (tertiary/aromatic N) is 3. The van der Waals surface area contributed by atoms with Crippen molar-refractivity contribution < 1.29 is 38.8 Å². The van der Waals surface area contributed by atoms with E-state index in [9.17, 15) is 24.6 Å². The topological polar surface area (TPSA) is 129 Å². The Bertz CT molecular complexity index is 1040. The molecule has 0 aliphatic carbocycles. The van der Waals surface area contributed by atoms with Gasteiger partial charge in [0, 0.05) is 44.6 Å². The second-order valence-corrected chi connectivity index (χ2v) is 12.7. The van der Waals surface area contributed by atoms with E-state index in [2.05, 4.69) is 4.90 Å². The van der Waals surface area contributed by atoms with Crippen molar-refractivity contribution in [3.63, 3.8) is 0 Å². The minimum Gasteiger partial charge on any atom is -0.457 e. The lowest BCUT2D eigenvalue weighted by atomic mass is 9.92. The first-order chi connectivity index (χ1) is 21.0. The Morgan fingerprint density at radius 1 is 1.09 bits per heavy atom. The van der Waals surface area contributed by atoms with Gasteiger partial charge in [0.25, 0.3) is 0 Å². The van der Waals surface area contributed by atoms with Crippen LogP contribution in [0.2, 0.25) is 0 Å². The summed E-state index contributed by atoms with van der Waals surface area (Å²) in [6, 6.07) is -0.174. The molecule has 3 aliphatic heterocycles. The van der Waals surface area contributed by atoms with E-state index in [-0.39, 0.29) is 49.5 Å². The molecule has 2 fully saturated rings. The number of esters is 1. The maximum Gasteiger partial charge on any atom is 0.410 e. The number of hydrogen-bond donors (Lipinski definition) is 2. The monoisotopic (exact) mass is 619 g/mol. The van der Waals surface area contributed by atoms with Gasteiger partial charge in [-0.05, 0) is 57.2 Å². The molecule has 2 N–H and O–H groups in total. The zero-order chi connectivity index (χ0) is 32.2. The fourth-order valence-electron chi connectivity index (χ4n) is 5.73. The van der Waals surface area contributed by atoms with Gasteiger partial charge < -0.3 is 39.1 Å². The van der Waals surface area contributed by atoms with E-state index in [0.29, 0.717) is 32.5 Å². The Morgan fingerprint density at radius 3 is 2.52 bits per heavy atom. The number of cyclic esters (lactones) is 1. The van der Waals surface area contributed by atoms with Crippen LogP contribution in [0.25, 0.3) is 0 Å². The van der Waals surface area contributed by atoms with Crippen LogP contribution in [0, 0.1) is 17.8 Å². The number of likely N-dealkylation sites (tertiary alicyclic amines) is 1. The smallest absolute Gasteiger partial charge is 0.410 e. The van der Waals surface area contributed by atoms with E-state index in [1.807, 2.05) is 65.1 Å². The molecule has 0 saturated carbocycles. The number of likely N-dealkylation sites (N-methyl/N-ethyl adjacent to an activating group) is 1. The summed E-state index contributed by atoms with van der Waals surface area (Å²) >= 11 is 0. The van der Waals surface area contributed by atoms with E-state index >= 15 is 0 Å². The molecule has 0 aromatic carbocycles. The third kappa shape index (κ3) is 10.9. The van der Waals surface area contributed by atoms with Crippen molar-refractivity contribution >= 4 is 18.2 Å². The fraction of sp³-hybridized carbons (Fsp3) is 0.727. The summed E-state index contributed by atoms with van der Waals surface area (Å²) in [6.45, 7) is 11.3. The number of amides is 2. The highest BCUT2D eigenvalue weighted by atomic mass is 16.6. The van der Waals surface area contributed by atoms with Crippen molar-refractivity contribution in [2.24, 2.45) is 17.8 Å². The summed E-state index contributed by atoms with van der Waals surface area (Å²) < 4.78 is 17.3. The Labute approximate surface area is 262 Å². The Hall–Kier alpha value is -2.89. The maximum atomic E-state index is 13.0. The molecule has 3 rings (SSSR count). The van der Waals surface area contributed by atoms with Crippen LogP contribution in [0.3, 0.4) is 0 Å². The van der Waals surface area contributed by atoms with Crippen molar-refractivity contribution in [1.29, 1.82) is 0 Å². The standard InChI is InChI=1S/C33H53N3O8/c1-23(22-42-33(41)36-15-7-10-27(36)21-37)8-6-9-25(3)31-26(4)12-14-29(24(2)11-13-28(38)20-30(39)44-31)43-32(40)35-18-16-34(5)17-19-35/h6,8-9,12,14,23-24,26-29,31,37-38H,7,10-11,13,15-22H2,1-5H3/b8-6+,14-12+,25-9+/t23?,24-,26+,27-,28+,29+,31-/m1/s1. The summed E-state index contributed by atoms with van der Waals surface area (Å²) in [5.41, 5.74) is 0.810. The Morgan fingerprint density at radius 2 is 1.82 bits per heavy atom. The van der Waals surface area contributed by atoms with Gasteiger partial charge in [-0.25, -0.2) is 9.59 Å². The van der Waals surface area contributed by atoms with E-state index in [0.717, 1.165) is 31.5 Å². The van der Waals surface area contributed by atoms with Gasteiger partial charge in [0.2, 0.25) is 0 Å². The van der Waals surface area contributed by atoms with Crippen molar-refractivity contribution in [1.82, 2.24) is 14.7 Å². The second-order valence-electron chi connectivity index (χ2n) is 12.7. The molecular weight excluding hydrogens is 566 g/mol. The summed E-state index contributed by atoms with van der Waals surface area (Å²) in [4.78, 5) is 43.6. The quantitative estimate of drug-likeness (QED) is 0.189. The van der Waals surface area contributed by atoms with Crippen LogP contribution in [-0.2, 0) is 19.0 Å². The third-order valence-corrected chi connectivity index (χ3v) is 8.80. The molecule has 0 bridgehead atoms. The normalized spacial score (nSPS) is 31.2. The molecule has 248 valence electrons. The minimum atomic E-state index is -0.848. The first-order valence-corrected chi connectivity index (χ1v) is 16.1. The number of carbonyl (C=O) groups is 3. The van der Waals surface area contributed by atoms with Gasteiger partial charge in [0.1, 0.15) is 12.2 Å². The fourth-order valence-corrected chi connectivity index (χ4v) is 5.73. The van der Waals surface area contributed by atoms with Gasteiger partial charge >= 0.3 is 18.2 Å². The molecule has 11 nitrogen and oxygen atoms in total. The molecule has 2 saturated heterocycles. The summed E-state index contributed by atoms with van der Waals surface area (Å²) in [7, 11) is 2.03. The van der Waals surface area contributed by atoms with Gasteiger partial charge in [0.15, 0.2) is 0 Å². The lowest BCUT2D eigenvalue weighted by molar-refractivity contribution is -0.151. The van der Waals surface area contributed by atoms with E-state index < -0.39 is 30.4 Å². The molecule has 0 aromatic rings. The van der Waals surface area contributed by atoms with Crippen LogP contribution in [0.15, 0.2) is 36.0 Å². The van der Waals surface area contributed by atoms with Crippen molar-refractivity contribution in [3.8, 4) is 0 Å². The van der Waals surface area contributed by atoms with E-state index in [1.165, 1.54) is 0 Å². The van der Waals surface area contributed by atoms with Crippen LogP contribution in [0.4, 0.5) is 9.59 Å². The highest BCUT2D eigenvalue weighted by Crippen LogP contribution is 2.25. The Balaban J connectivity index is 1.66. The van der Waals surface area contributed by atoms with Crippen LogP contribution >= 0.6 is 0 Å². The van der Waals surface area contributed by atoms with E-state index in [4.69, 9.17) is 14.2 Å². The number of rotatable bonds is 7. The highest BCUT2D eigenvalue weighted by molar-refractivity contribution is 5.70. The zero-order valence-corrected chi connectivity index (χ0v) is 27.1. The molecule has 7 atom stereocenters. The Kier molecular flexibility index (Phi) is 14.2. The average Bonchev–Trinajstić information content (AvgIpc) is 3.48. The molecule has 1 unspecified atom stereocenters. The predicted molar refractivity (Wildman–Crippen MR) is 167 cm³/mol. The summed E-state index contributed by atoms with van der Waals surface area (Å²) in [5, 5.41) is 20.0. The van der Waals surface area contributed by atoms with Crippen LogP contribution in [0.5, 0.6) is 0 Å². The molecular formula is C33H53N3O8. The molecule has 0 spiro atoms. The highest BCUT2D eigenvalue weighted by Gasteiger charge is 2.30. The zero-order valence-electron chi connectivity index (χ0n) is 27.1. The molecule has 3 aliphatic rings. The lowest BCUT2D eigenvalue weighted by Crippen LogP contribution is -2.48. The van der Waals surface area contributed by atoms with E-state index in [1.54, 1.807) is 9.80 Å². The first kappa shape index (κ1) is 35.6. The summed E-state index contributed by atoms with van der Waals surface area (Å²) in [5.74, 6) is -0.792. The third-order valence-electron chi connectivity index (χ3n) is 8.80. The molecule has 0 aromatic heterocycles. The van der Waals surface area contributed by atoms with Gasteiger partial charge in [-0.2, -0.15) is 0 Å². The predicted octanol–water partition coefficient (Wildman–Crippen LogP) is 3.76. The van der Waals surface area contributed by atoms with Crippen LogP contribution in [-0.4, -0.2) is 120 Å². The van der Waals surface area contributed by atoms with Gasteiger partial charge in [-0.15, -0.1) is 0 Å². The number of aliphatic hydroxyl groups is 2. The molecule has 3 heterocycles. The number of piperazine rings is 1. The molecule has 11 heteroatoms. The SMILES string of the molecule is C/C(=C\C=C\C(C)COC(=O)N1CCC[C@@H]1CO)[C@H]1OC(=O)C[C@@H](O)CC[C@@H](C)[C@@H](OC(=O)N2CCN(C)CC2)/C=C/[C@@H]1C. The van der Waals surface area contributed by atoms with Crippen molar-refractivity contribution in [2.75, 3.05) is 53.0 Å². The van der Waals surface area contributed by atoms with Gasteiger partial charge in [-0.3, -0.25) is 4.79 Å². The van der Waals surface area contributed by atoms with Gasteiger partial charge in [0.05, 0.1) is 31.8 Å². The van der Waals surface area contributed by atoms with Gasteiger partial charge in [-0.1, -0.05) is 45.1 Å². The number of allylic oxidation sites excluding steroid dienone is 2. The average molecular weight is 620 g/mol. The first-order valence-electron chi connectivity index (χ1n) is 16.1. The van der Waals surface area contributed by atoms with Crippen molar-refractivity contribution in [3.05, 3.63) is 36.0 Å². The van der Waals surface area contributed by atoms with Crippen molar-refractivity contribution in [2.45, 2.75) is 84.2 Å². The number of hydrogen-bond acceptors (Lipinski definition) is 9. The number of carbonyl (C=O) groups excluding carboxylic acids is 3. The molecule has 0 radical (unpaired) electrons. The van der Waals surface area contributed by atoms with Crippen LogP contribution < -0.4 is 0 Å². The molecule has 44 heavy (non-hydrogen) atoms.